The summed E-state index contributed by atoms with van der Waals surface area (Å²) < 4.78 is 5.16. The van der Waals surface area contributed by atoms with Gasteiger partial charge in [0.05, 0.1) is 6.42 Å². The Kier molecular flexibility index (Phi) is 4.45. The molecule has 0 aromatic rings. The number of hydrogen-bond donors (Lipinski definition) is 3. The molecule has 1 aliphatic heterocycles. The van der Waals surface area contributed by atoms with Gasteiger partial charge in [-0.1, -0.05) is 6.92 Å². The fourth-order valence-corrected chi connectivity index (χ4v) is 1.66. The summed E-state index contributed by atoms with van der Waals surface area (Å²) in [4.78, 5) is 32.8. The van der Waals surface area contributed by atoms with Crippen molar-refractivity contribution in [2.75, 3.05) is 6.61 Å². The third kappa shape index (κ3) is 3.70. The van der Waals surface area contributed by atoms with E-state index in [2.05, 4.69) is 5.32 Å². The minimum Gasteiger partial charge on any atom is -0.481 e. The van der Waals surface area contributed by atoms with E-state index in [1.54, 1.807) is 0 Å². The lowest BCUT2D eigenvalue weighted by molar-refractivity contribution is -0.148. The van der Waals surface area contributed by atoms with Gasteiger partial charge in [-0.15, -0.1) is 0 Å². The van der Waals surface area contributed by atoms with Crippen LogP contribution >= 0.6 is 0 Å². The number of carboxylic acids is 2. The average Bonchev–Trinajstić information content (AvgIpc) is 2.62. The number of carbonyl (C=O) groups is 3. The molecular weight excluding hydrogens is 230 g/mol. The first-order valence-corrected chi connectivity index (χ1v) is 5.28. The minimum absolute atomic E-state index is 0.00859. The summed E-state index contributed by atoms with van der Waals surface area (Å²) in [5.41, 5.74) is 0. The van der Waals surface area contributed by atoms with Crippen molar-refractivity contribution in [2.24, 2.45) is 5.92 Å². The second-order valence-electron chi connectivity index (χ2n) is 4.05. The molecule has 3 unspecified atom stereocenters. The molecule has 3 atom stereocenters. The molecule has 1 amide bonds. The van der Waals surface area contributed by atoms with E-state index in [4.69, 9.17) is 14.9 Å². The van der Waals surface area contributed by atoms with Crippen LogP contribution in [0.25, 0.3) is 0 Å². The predicted molar refractivity (Wildman–Crippen MR) is 55.3 cm³/mol. The van der Waals surface area contributed by atoms with Crippen LogP contribution in [0.4, 0.5) is 0 Å². The number of ether oxygens (including phenoxy) is 1. The second kappa shape index (κ2) is 5.62. The zero-order valence-electron chi connectivity index (χ0n) is 9.38. The Morgan fingerprint density at radius 2 is 2.06 bits per heavy atom. The molecule has 1 saturated heterocycles. The van der Waals surface area contributed by atoms with Gasteiger partial charge in [-0.05, 0) is 12.3 Å². The lowest BCUT2D eigenvalue weighted by atomic mass is 10.0. The number of rotatable bonds is 5. The largest absolute Gasteiger partial charge is 0.481 e. The SMILES string of the molecule is CC1CCOC1C(=O)NC(CC(=O)O)C(=O)O. The maximum absolute atomic E-state index is 11.7. The zero-order chi connectivity index (χ0) is 13.0. The monoisotopic (exact) mass is 245 g/mol. The average molecular weight is 245 g/mol. The Balaban J connectivity index is 2.57. The van der Waals surface area contributed by atoms with Crippen LogP contribution in [0.5, 0.6) is 0 Å². The minimum atomic E-state index is -1.42. The van der Waals surface area contributed by atoms with Crippen LogP contribution in [-0.4, -0.2) is 46.8 Å². The molecule has 0 saturated carbocycles. The Bertz CT molecular complexity index is 329. The molecule has 0 bridgehead atoms. The van der Waals surface area contributed by atoms with E-state index < -0.39 is 36.4 Å². The summed E-state index contributed by atoms with van der Waals surface area (Å²) in [6, 6.07) is -1.42. The van der Waals surface area contributed by atoms with Crippen molar-refractivity contribution >= 4 is 17.8 Å². The molecule has 1 fully saturated rings. The summed E-state index contributed by atoms with van der Waals surface area (Å²) in [6.07, 6.45) is -0.609. The summed E-state index contributed by atoms with van der Waals surface area (Å²) in [6.45, 7) is 2.28. The van der Waals surface area contributed by atoms with Crippen LogP contribution in [0, 0.1) is 5.92 Å². The highest BCUT2D eigenvalue weighted by Crippen LogP contribution is 2.20. The Morgan fingerprint density at radius 1 is 1.41 bits per heavy atom. The summed E-state index contributed by atoms with van der Waals surface area (Å²) >= 11 is 0. The van der Waals surface area contributed by atoms with Crippen molar-refractivity contribution in [1.82, 2.24) is 5.32 Å². The van der Waals surface area contributed by atoms with Gasteiger partial charge in [-0.3, -0.25) is 9.59 Å². The van der Waals surface area contributed by atoms with Crippen LogP contribution in [0.15, 0.2) is 0 Å². The summed E-state index contributed by atoms with van der Waals surface area (Å²) in [5, 5.41) is 19.5. The number of hydrogen-bond acceptors (Lipinski definition) is 4. The standard InChI is InChI=1S/C10H15NO6/c1-5-2-3-17-8(5)9(14)11-6(10(15)16)4-7(12)13/h5-6,8H,2-4H2,1H3,(H,11,14)(H,12,13)(H,15,16). The van der Waals surface area contributed by atoms with Crippen LogP contribution in [-0.2, 0) is 19.1 Å². The molecule has 3 N–H and O–H groups in total. The quantitative estimate of drug-likeness (QED) is 0.599. The van der Waals surface area contributed by atoms with E-state index in [1.165, 1.54) is 0 Å². The number of carboxylic acid groups (broad SMARTS) is 2. The van der Waals surface area contributed by atoms with E-state index in [-0.39, 0.29) is 5.92 Å². The molecule has 1 aliphatic rings. The van der Waals surface area contributed by atoms with E-state index in [0.717, 1.165) is 6.42 Å². The van der Waals surface area contributed by atoms with E-state index in [1.807, 2.05) is 6.92 Å². The first-order valence-electron chi connectivity index (χ1n) is 5.28. The van der Waals surface area contributed by atoms with Gasteiger partial charge in [0.2, 0.25) is 5.91 Å². The highest BCUT2D eigenvalue weighted by molar-refractivity contribution is 5.88. The van der Waals surface area contributed by atoms with E-state index in [9.17, 15) is 14.4 Å². The van der Waals surface area contributed by atoms with Crippen molar-refractivity contribution in [2.45, 2.75) is 31.9 Å². The first-order chi connectivity index (χ1) is 7.91. The summed E-state index contributed by atoms with van der Waals surface area (Å²) in [5.74, 6) is -3.21. The molecule has 0 aromatic heterocycles. The molecular formula is C10H15NO6. The fraction of sp³-hybridized carbons (Fsp3) is 0.700. The molecule has 0 aromatic carbocycles. The second-order valence-corrected chi connectivity index (χ2v) is 4.05. The molecule has 0 radical (unpaired) electrons. The highest BCUT2D eigenvalue weighted by Gasteiger charge is 2.33. The fourth-order valence-electron chi connectivity index (χ4n) is 1.66. The van der Waals surface area contributed by atoms with Crippen molar-refractivity contribution in [3.8, 4) is 0 Å². The third-order valence-corrected chi connectivity index (χ3v) is 2.64. The predicted octanol–water partition coefficient (Wildman–Crippen LogP) is -0.544. The molecule has 0 aliphatic carbocycles. The lowest BCUT2D eigenvalue weighted by Gasteiger charge is -2.18. The Hall–Kier alpha value is -1.63. The van der Waals surface area contributed by atoms with Crippen molar-refractivity contribution in [3.05, 3.63) is 0 Å². The molecule has 96 valence electrons. The highest BCUT2D eigenvalue weighted by atomic mass is 16.5. The first kappa shape index (κ1) is 13.4. The Labute approximate surface area is 97.8 Å². The van der Waals surface area contributed by atoms with E-state index in [0.29, 0.717) is 6.61 Å². The number of carbonyl (C=O) groups excluding carboxylic acids is 1. The van der Waals surface area contributed by atoms with E-state index >= 15 is 0 Å². The van der Waals surface area contributed by atoms with Gasteiger partial charge in [-0.25, -0.2) is 4.79 Å². The van der Waals surface area contributed by atoms with Crippen LogP contribution < -0.4 is 5.32 Å². The summed E-state index contributed by atoms with van der Waals surface area (Å²) in [7, 11) is 0. The van der Waals surface area contributed by atoms with Crippen molar-refractivity contribution in [1.29, 1.82) is 0 Å². The van der Waals surface area contributed by atoms with Crippen LogP contribution in [0.1, 0.15) is 19.8 Å². The molecule has 7 nitrogen and oxygen atoms in total. The number of amides is 1. The molecule has 0 spiro atoms. The maximum Gasteiger partial charge on any atom is 0.326 e. The molecule has 7 heteroatoms. The van der Waals surface area contributed by atoms with Gasteiger partial charge >= 0.3 is 11.9 Å². The van der Waals surface area contributed by atoms with Gasteiger partial charge in [0.1, 0.15) is 12.1 Å². The van der Waals surface area contributed by atoms with Crippen LogP contribution in [0.2, 0.25) is 0 Å². The van der Waals surface area contributed by atoms with Gasteiger partial charge in [0, 0.05) is 6.61 Å². The number of nitrogens with one attached hydrogen (secondary N) is 1. The van der Waals surface area contributed by atoms with Crippen LogP contribution in [0.3, 0.4) is 0 Å². The molecule has 1 rings (SSSR count). The number of aliphatic carboxylic acids is 2. The Morgan fingerprint density at radius 3 is 2.47 bits per heavy atom. The van der Waals surface area contributed by atoms with Crippen molar-refractivity contribution in [3.63, 3.8) is 0 Å². The zero-order valence-corrected chi connectivity index (χ0v) is 9.38. The molecule has 17 heavy (non-hydrogen) atoms. The molecule has 1 heterocycles. The van der Waals surface area contributed by atoms with Crippen molar-refractivity contribution < 1.29 is 29.3 Å². The topological polar surface area (TPSA) is 113 Å². The smallest absolute Gasteiger partial charge is 0.326 e. The van der Waals surface area contributed by atoms with Gasteiger partial charge < -0.3 is 20.3 Å². The van der Waals surface area contributed by atoms with Gasteiger partial charge in [0.15, 0.2) is 0 Å². The van der Waals surface area contributed by atoms with Gasteiger partial charge in [0.25, 0.3) is 0 Å². The lowest BCUT2D eigenvalue weighted by Crippen LogP contribution is -2.47. The van der Waals surface area contributed by atoms with Gasteiger partial charge in [-0.2, -0.15) is 0 Å². The maximum atomic E-state index is 11.7. The third-order valence-electron chi connectivity index (χ3n) is 2.64. The normalized spacial score (nSPS) is 25.2.